The van der Waals surface area contributed by atoms with Crippen LogP contribution < -0.4 is 0 Å². The van der Waals surface area contributed by atoms with Crippen LogP contribution in [-0.4, -0.2) is 34.7 Å². The quantitative estimate of drug-likeness (QED) is 0.929. The summed E-state index contributed by atoms with van der Waals surface area (Å²) >= 11 is 6.00. The van der Waals surface area contributed by atoms with Crippen molar-refractivity contribution in [2.45, 2.75) is 32.4 Å². The van der Waals surface area contributed by atoms with Gasteiger partial charge < -0.3 is 9.84 Å². The molecule has 1 N–H and O–H groups in total. The molecule has 0 aliphatic carbocycles. The Balaban J connectivity index is 3.07. The Hall–Kier alpha value is -1.75. The average molecular weight is 300 g/mol. The lowest BCUT2D eigenvalue weighted by Gasteiger charge is -2.29. The minimum absolute atomic E-state index is 0.287. The topological polar surface area (TPSA) is 66.8 Å². The molecule has 0 saturated carbocycles. The van der Waals surface area contributed by atoms with Crippen LogP contribution in [0.2, 0.25) is 5.02 Å². The van der Waals surface area contributed by atoms with Crippen molar-refractivity contribution in [3.63, 3.8) is 0 Å². The molecule has 0 aromatic heterocycles. The number of halogens is 1. The second-order valence-corrected chi connectivity index (χ2v) is 5.76. The Morgan fingerprint density at radius 1 is 1.30 bits per heavy atom. The molecule has 0 aliphatic rings. The zero-order valence-electron chi connectivity index (χ0n) is 11.9. The van der Waals surface area contributed by atoms with Crippen LogP contribution >= 0.6 is 11.6 Å². The molecule has 0 heterocycles. The van der Waals surface area contributed by atoms with Gasteiger partial charge in [0.1, 0.15) is 5.60 Å². The number of hydrogen-bond donors (Lipinski definition) is 1. The maximum atomic E-state index is 12.0. The van der Waals surface area contributed by atoms with Crippen LogP contribution in [0.15, 0.2) is 24.3 Å². The number of rotatable bonds is 3. The first-order chi connectivity index (χ1) is 9.13. The minimum atomic E-state index is -1.20. The van der Waals surface area contributed by atoms with E-state index in [-0.39, 0.29) is 5.02 Å². The van der Waals surface area contributed by atoms with E-state index in [1.54, 1.807) is 45.0 Å². The van der Waals surface area contributed by atoms with Crippen molar-refractivity contribution in [1.29, 1.82) is 0 Å². The third kappa shape index (κ3) is 4.13. The molecule has 20 heavy (non-hydrogen) atoms. The number of ether oxygens (including phenoxy) is 1. The van der Waals surface area contributed by atoms with Crippen LogP contribution in [0.25, 0.3) is 0 Å². The summed E-state index contributed by atoms with van der Waals surface area (Å²) in [5.74, 6) is -1.17. The number of amides is 1. The summed E-state index contributed by atoms with van der Waals surface area (Å²) in [6.07, 6.45) is -0.718. The highest BCUT2D eigenvalue weighted by Crippen LogP contribution is 2.28. The van der Waals surface area contributed by atoms with Crippen LogP contribution in [0.3, 0.4) is 0 Å². The van der Waals surface area contributed by atoms with E-state index in [2.05, 4.69) is 0 Å². The molecule has 5 nitrogen and oxygen atoms in total. The lowest BCUT2D eigenvalue weighted by molar-refractivity contribution is -0.142. The molecule has 1 aromatic carbocycles. The normalized spacial score (nSPS) is 12.7. The Labute approximate surface area is 123 Å². The van der Waals surface area contributed by atoms with E-state index in [1.807, 2.05) is 0 Å². The molecule has 0 fully saturated rings. The second-order valence-electron chi connectivity index (χ2n) is 5.35. The van der Waals surface area contributed by atoms with E-state index in [0.29, 0.717) is 5.56 Å². The largest absolute Gasteiger partial charge is 0.479 e. The molecule has 110 valence electrons. The van der Waals surface area contributed by atoms with Crippen molar-refractivity contribution >= 4 is 23.7 Å². The lowest BCUT2D eigenvalue weighted by atomic mass is 10.1. The number of carboxylic acid groups (broad SMARTS) is 1. The number of benzene rings is 1. The highest BCUT2D eigenvalue weighted by Gasteiger charge is 2.32. The third-order valence-electron chi connectivity index (χ3n) is 2.50. The summed E-state index contributed by atoms with van der Waals surface area (Å²) in [5.41, 5.74) is -0.357. The fourth-order valence-electron chi connectivity index (χ4n) is 1.64. The van der Waals surface area contributed by atoms with Crippen molar-refractivity contribution in [3.8, 4) is 0 Å². The van der Waals surface area contributed by atoms with E-state index in [4.69, 9.17) is 16.3 Å². The Morgan fingerprint density at radius 2 is 1.85 bits per heavy atom. The molecule has 1 amide bonds. The summed E-state index contributed by atoms with van der Waals surface area (Å²) in [5, 5.41) is 9.65. The number of likely N-dealkylation sites (N-methyl/N-ethyl adjacent to an activating group) is 1. The summed E-state index contributed by atoms with van der Waals surface area (Å²) < 4.78 is 5.17. The fraction of sp³-hybridized carbons (Fsp3) is 0.429. The van der Waals surface area contributed by atoms with E-state index >= 15 is 0 Å². The molecule has 1 rings (SSSR count). The van der Waals surface area contributed by atoms with Gasteiger partial charge in [0.2, 0.25) is 0 Å². The maximum Gasteiger partial charge on any atom is 0.411 e. The number of carboxylic acids is 1. The fourth-order valence-corrected chi connectivity index (χ4v) is 1.88. The van der Waals surface area contributed by atoms with Crippen molar-refractivity contribution < 1.29 is 19.4 Å². The van der Waals surface area contributed by atoms with Crippen molar-refractivity contribution in [2.75, 3.05) is 7.05 Å². The van der Waals surface area contributed by atoms with Crippen molar-refractivity contribution in [3.05, 3.63) is 34.9 Å². The van der Waals surface area contributed by atoms with Crippen LogP contribution in [-0.2, 0) is 9.53 Å². The molecule has 0 spiro atoms. The van der Waals surface area contributed by atoms with Gasteiger partial charge in [-0.3, -0.25) is 4.90 Å². The summed E-state index contributed by atoms with van der Waals surface area (Å²) in [7, 11) is 1.37. The van der Waals surface area contributed by atoms with E-state index in [0.717, 1.165) is 4.90 Å². The van der Waals surface area contributed by atoms with Gasteiger partial charge >= 0.3 is 12.1 Å². The van der Waals surface area contributed by atoms with Gasteiger partial charge in [0.25, 0.3) is 0 Å². The number of nitrogens with zero attached hydrogens (tertiary/aromatic N) is 1. The SMILES string of the molecule is CN(C(=O)OC(C)(C)C)C(C(=O)O)c1ccccc1Cl. The predicted octanol–water partition coefficient (Wildman–Crippen LogP) is 3.33. The average Bonchev–Trinajstić information content (AvgIpc) is 2.29. The smallest absolute Gasteiger partial charge is 0.411 e. The van der Waals surface area contributed by atoms with Gasteiger partial charge in [0, 0.05) is 17.6 Å². The molecule has 0 aliphatic heterocycles. The lowest BCUT2D eigenvalue weighted by Crippen LogP contribution is -2.39. The van der Waals surface area contributed by atoms with Crippen LogP contribution in [0.4, 0.5) is 4.79 Å². The monoisotopic (exact) mass is 299 g/mol. The van der Waals surface area contributed by atoms with Gasteiger partial charge in [-0.1, -0.05) is 29.8 Å². The first-order valence-electron chi connectivity index (χ1n) is 6.06. The van der Waals surface area contributed by atoms with Crippen molar-refractivity contribution in [2.24, 2.45) is 0 Å². The Kier molecular flexibility index (Phi) is 5.00. The Morgan fingerprint density at radius 3 is 2.30 bits per heavy atom. The zero-order chi connectivity index (χ0) is 15.5. The van der Waals surface area contributed by atoms with Gasteiger partial charge in [-0.05, 0) is 26.8 Å². The predicted molar refractivity (Wildman–Crippen MR) is 75.8 cm³/mol. The summed E-state index contributed by atoms with van der Waals surface area (Å²) in [6.45, 7) is 5.14. The third-order valence-corrected chi connectivity index (χ3v) is 2.85. The van der Waals surface area contributed by atoms with E-state index < -0.39 is 23.7 Å². The molecule has 6 heteroatoms. The minimum Gasteiger partial charge on any atom is -0.479 e. The first kappa shape index (κ1) is 16.3. The van der Waals surface area contributed by atoms with Crippen molar-refractivity contribution in [1.82, 2.24) is 4.90 Å². The van der Waals surface area contributed by atoms with Crippen LogP contribution in [0, 0.1) is 0 Å². The second kappa shape index (κ2) is 6.13. The molecular weight excluding hydrogens is 282 g/mol. The van der Waals surface area contributed by atoms with Gasteiger partial charge in [0.05, 0.1) is 0 Å². The molecule has 0 radical (unpaired) electrons. The van der Waals surface area contributed by atoms with Gasteiger partial charge in [-0.15, -0.1) is 0 Å². The van der Waals surface area contributed by atoms with E-state index in [1.165, 1.54) is 7.05 Å². The molecule has 1 unspecified atom stereocenters. The number of hydrogen-bond acceptors (Lipinski definition) is 3. The number of carbonyl (C=O) groups is 2. The van der Waals surface area contributed by atoms with Gasteiger partial charge in [-0.25, -0.2) is 9.59 Å². The van der Waals surface area contributed by atoms with Gasteiger partial charge in [0.15, 0.2) is 6.04 Å². The van der Waals surface area contributed by atoms with Crippen LogP contribution in [0.5, 0.6) is 0 Å². The molecule has 0 saturated heterocycles. The molecule has 1 atom stereocenters. The molecule has 0 bridgehead atoms. The first-order valence-corrected chi connectivity index (χ1v) is 6.44. The van der Waals surface area contributed by atoms with Crippen LogP contribution in [0.1, 0.15) is 32.4 Å². The molecule has 1 aromatic rings. The number of aliphatic carboxylic acids is 1. The standard InChI is InChI=1S/C14H18ClNO4/c1-14(2,3)20-13(19)16(4)11(12(17)18)9-7-5-6-8-10(9)15/h5-8,11H,1-4H3,(H,17,18). The van der Waals surface area contributed by atoms with Gasteiger partial charge in [-0.2, -0.15) is 0 Å². The van der Waals surface area contributed by atoms with E-state index in [9.17, 15) is 14.7 Å². The molecular formula is C14H18ClNO4. The summed E-state index contributed by atoms with van der Waals surface area (Å²) in [6, 6.07) is 5.31. The zero-order valence-corrected chi connectivity index (χ0v) is 12.6. The highest BCUT2D eigenvalue weighted by atomic mass is 35.5. The Bertz CT molecular complexity index is 510. The maximum absolute atomic E-state index is 12.0. The highest BCUT2D eigenvalue weighted by molar-refractivity contribution is 6.31. The summed E-state index contributed by atoms with van der Waals surface area (Å²) in [4.78, 5) is 24.5. The number of carbonyl (C=O) groups excluding carboxylic acids is 1.